The Kier molecular flexibility index (Phi) is 9.89. The number of hydrogen-bond donors (Lipinski definition) is 0. The first-order valence-corrected chi connectivity index (χ1v) is 22.7. The first-order valence-electron chi connectivity index (χ1n) is 22.7. The summed E-state index contributed by atoms with van der Waals surface area (Å²) in [6.45, 7) is 0. The summed E-state index contributed by atoms with van der Waals surface area (Å²) in [5.41, 5.74) is 18.8. The topological polar surface area (TPSA) is 8.17 Å². The van der Waals surface area contributed by atoms with Crippen molar-refractivity contribution in [1.82, 2.24) is 4.57 Å². The van der Waals surface area contributed by atoms with Crippen molar-refractivity contribution in [1.29, 1.82) is 0 Å². The van der Waals surface area contributed by atoms with Gasteiger partial charge in [-0.25, -0.2) is 0 Å². The molecule has 0 bridgehead atoms. The summed E-state index contributed by atoms with van der Waals surface area (Å²) in [4.78, 5) is 2.37. The summed E-state index contributed by atoms with van der Waals surface area (Å²) >= 11 is 0. The number of fused-ring (bicyclic) bond motifs is 4. The van der Waals surface area contributed by atoms with E-state index in [2.05, 4.69) is 276 Å². The lowest BCUT2D eigenvalue weighted by molar-refractivity contribution is 1.18. The van der Waals surface area contributed by atoms with Crippen LogP contribution in [0.15, 0.2) is 267 Å². The molecule has 12 aromatic rings. The molecule has 0 aliphatic rings. The number of benzene rings is 11. The van der Waals surface area contributed by atoms with Crippen molar-refractivity contribution >= 4 is 49.6 Å². The summed E-state index contributed by atoms with van der Waals surface area (Å²) in [5.74, 6) is 0. The van der Waals surface area contributed by atoms with Crippen molar-refractivity contribution in [3.05, 3.63) is 267 Å². The van der Waals surface area contributed by atoms with Crippen LogP contribution in [0.2, 0.25) is 0 Å². The molecule has 0 saturated carbocycles. The average molecular weight is 841 g/mol. The Morgan fingerprint density at radius 1 is 0.258 bits per heavy atom. The Morgan fingerprint density at radius 2 is 0.742 bits per heavy atom. The first kappa shape index (κ1) is 38.9. The van der Waals surface area contributed by atoms with Crippen LogP contribution in [0.4, 0.5) is 17.1 Å². The minimum Gasteiger partial charge on any atom is -0.310 e. The molecule has 0 saturated heterocycles. The van der Waals surface area contributed by atoms with Crippen molar-refractivity contribution < 1.29 is 0 Å². The Hall–Kier alpha value is -8.72. The van der Waals surface area contributed by atoms with Crippen molar-refractivity contribution in [2.45, 2.75) is 0 Å². The van der Waals surface area contributed by atoms with Crippen LogP contribution in [0.1, 0.15) is 0 Å². The van der Waals surface area contributed by atoms with E-state index in [-0.39, 0.29) is 0 Å². The second kappa shape index (κ2) is 16.8. The molecule has 2 heteroatoms. The maximum absolute atomic E-state index is 2.39. The first-order chi connectivity index (χ1) is 32.7. The molecule has 0 N–H and O–H groups in total. The number of anilines is 3. The van der Waals surface area contributed by atoms with Crippen LogP contribution < -0.4 is 4.90 Å². The molecule has 11 aromatic carbocycles. The molecule has 0 spiro atoms. The van der Waals surface area contributed by atoms with Crippen LogP contribution in [0.25, 0.3) is 93.9 Å². The zero-order chi connectivity index (χ0) is 43.8. The van der Waals surface area contributed by atoms with Gasteiger partial charge in [0.1, 0.15) is 0 Å². The van der Waals surface area contributed by atoms with Crippen LogP contribution in [0.5, 0.6) is 0 Å². The van der Waals surface area contributed by atoms with E-state index in [0.717, 1.165) is 22.7 Å². The Labute approximate surface area is 385 Å². The third-order valence-electron chi connectivity index (χ3n) is 13.0. The lowest BCUT2D eigenvalue weighted by Gasteiger charge is -2.26. The quantitative estimate of drug-likeness (QED) is 0.141. The highest BCUT2D eigenvalue weighted by atomic mass is 15.1. The SMILES string of the molecule is c1ccc(-c2cccc(N(c3ccc(-c4ccc(-c5ccc6ccccc6c5)cc4)cc3)c3ccc(-c4ccccc4-c4cccc5c4c4ccccc4n5-c4ccccc4)cc3)c2)cc1. The Morgan fingerprint density at radius 3 is 1.48 bits per heavy atom. The Balaban J connectivity index is 0.914. The van der Waals surface area contributed by atoms with Crippen molar-refractivity contribution in [2.75, 3.05) is 4.90 Å². The number of hydrogen-bond acceptors (Lipinski definition) is 1. The molecular weight excluding hydrogens is 797 g/mol. The molecular formula is C64H44N2. The second-order valence-corrected chi connectivity index (χ2v) is 16.9. The highest BCUT2D eigenvalue weighted by Crippen LogP contribution is 2.43. The van der Waals surface area contributed by atoms with E-state index in [4.69, 9.17) is 0 Å². The van der Waals surface area contributed by atoms with E-state index in [0.29, 0.717) is 0 Å². The maximum Gasteiger partial charge on any atom is 0.0547 e. The fourth-order valence-electron chi connectivity index (χ4n) is 9.79. The molecule has 0 unspecified atom stereocenters. The highest BCUT2D eigenvalue weighted by molar-refractivity contribution is 6.16. The standard InChI is InChI=1S/C64H44N2/c1-3-15-45(16-4-1)52-19-13-22-57(44-52)65(55-39-35-48(36-40-55)47-29-31-49(32-30-47)53-34-33-46-17-7-8-18-51(46)43-53)56-41-37-50(38-42-56)58-23-9-10-24-59(58)60-26-14-28-63-64(60)61-25-11-12-27-62(61)66(63)54-20-5-2-6-21-54/h1-44H. The molecule has 0 aliphatic heterocycles. The second-order valence-electron chi connectivity index (χ2n) is 16.9. The van der Waals surface area contributed by atoms with Gasteiger partial charge in [-0.15, -0.1) is 0 Å². The van der Waals surface area contributed by atoms with Gasteiger partial charge in [0.05, 0.1) is 11.0 Å². The number of rotatable bonds is 9. The van der Waals surface area contributed by atoms with E-state index in [9.17, 15) is 0 Å². The molecule has 0 aliphatic carbocycles. The van der Waals surface area contributed by atoms with Gasteiger partial charge in [0.25, 0.3) is 0 Å². The minimum atomic E-state index is 1.09. The molecule has 66 heavy (non-hydrogen) atoms. The van der Waals surface area contributed by atoms with Crippen LogP contribution >= 0.6 is 0 Å². The van der Waals surface area contributed by atoms with Crippen LogP contribution in [0.3, 0.4) is 0 Å². The molecule has 2 nitrogen and oxygen atoms in total. The molecule has 310 valence electrons. The summed E-state index contributed by atoms with van der Waals surface area (Å²) in [6, 6.07) is 96.8. The molecule has 0 atom stereocenters. The zero-order valence-electron chi connectivity index (χ0n) is 36.3. The number of aromatic nitrogens is 1. The van der Waals surface area contributed by atoms with Gasteiger partial charge in [0.2, 0.25) is 0 Å². The predicted molar refractivity (Wildman–Crippen MR) is 280 cm³/mol. The Bertz CT molecular complexity index is 3660. The zero-order valence-corrected chi connectivity index (χ0v) is 36.3. The monoisotopic (exact) mass is 840 g/mol. The molecule has 1 heterocycles. The molecule has 0 amide bonds. The average Bonchev–Trinajstić information content (AvgIpc) is 3.74. The minimum absolute atomic E-state index is 1.09. The highest BCUT2D eigenvalue weighted by Gasteiger charge is 2.19. The van der Waals surface area contributed by atoms with Crippen molar-refractivity contribution in [3.63, 3.8) is 0 Å². The van der Waals surface area contributed by atoms with E-state index in [1.54, 1.807) is 0 Å². The maximum atomic E-state index is 2.39. The fraction of sp³-hybridized carbons (Fsp3) is 0. The summed E-state index contributed by atoms with van der Waals surface area (Å²) < 4.78 is 2.39. The molecule has 0 radical (unpaired) electrons. The third-order valence-corrected chi connectivity index (χ3v) is 13.0. The van der Waals surface area contributed by atoms with Gasteiger partial charge < -0.3 is 9.47 Å². The van der Waals surface area contributed by atoms with Gasteiger partial charge in [-0.3, -0.25) is 0 Å². The van der Waals surface area contributed by atoms with E-state index in [1.165, 1.54) is 88.2 Å². The predicted octanol–water partition coefficient (Wildman–Crippen LogP) is 17.7. The van der Waals surface area contributed by atoms with E-state index >= 15 is 0 Å². The summed E-state index contributed by atoms with van der Waals surface area (Å²) in [6.07, 6.45) is 0. The largest absolute Gasteiger partial charge is 0.310 e. The number of para-hydroxylation sites is 2. The summed E-state index contributed by atoms with van der Waals surface area (Å²) in [7, 11) is 0. The van der Waals surface area contributed by atoms with Gasteiger partial charge in [-0.2, -0.15) is 0 Å². The smallest absolute Gasteiger partial charge is 0.0547 e. The third kappa shape index (κ3) is 7.12. The van der Waals surface area contributed by atoms with Gasteiger partial charge in [0, 0.05) is 33.5 Å². The number of nitrogens with zero attached hydrogens (tertiary/aromatic N) is 2. The molecule has 1 aromatic heterocycles. The van der Waals surface area contributed by atoms with Crippen molar-refractivity contribution in [2.24, 2.45) is 0 Å². The van der Waals surface area contributed by atoms with Crippen LogP contribution in [0, 0.1) is 0 Å². The van der Waals surface area contributed by atoms with Crippen molar-refractivity contribution in [3.8, 4) is 61.3 Å². The van der Waals surface area contributed by atoms with Gasteiger partial charge in [-0.1, -0.05) is 200 Å². The van der Waals surface area contributed by atoms with Crippen LogP contribution in [-0.4, -0.2) is 4.57 Å². The molecule has 0 fully saturated rings. The van der Waals surface area contributed by atoms with E-state index in [1.807, 2.05) is 0 Å². The van der Waals surface area contributed by atoms with Crippen LogP contribution in [-0.2, 0) is 0 Å². The summed E-state index contributed by atoms with van der Waals surface area (Å²) in [5, 5.41) is 5.02. The normalized spacial score (nSPS) is 11.3. The fourth-order valence-corrected chi connectivity index (χ4v) is 9.79. The van der Waals surface area contributed by atoms with Gasteiger partial charge in [-0.05, 0) is 133 Å². The van der Waals surface area contributed by atoms with Gasteiger partial charge in [0.15, 0.2) is 0 Å². The van der Waals surface area contributed by atoms with E-state index < -0.39 is 0 Å². The lowest BCUT2D eigenvalue weighted by atomic mass is 9.92. The molecule has 12 rings (SSSR count). The van der Waals surface area contributed by atoms with Gasteiger partial charge >= 0.3 is 0 Å². The lowest BCUT2D eigenvalue weighted by Crippen LogP contribution is -2.10.